The molecule has 0 aromatic heterocycles. The van der Waals surface area contributed by atoms with E-state index in [0.717, 1.165) is 63.5 Å². The Morgan fingerprint density at radius 2 is 1.62 bits per heavy atom. The van der Waals surface area contributed by atoms with Gasteiger partial charge in [0.15, 0.2) is 0 Å². The summed E-state index contributed by atoms with van der Waals surface area (Å²) in [6, 6.07) is 16.1. The molecule has 0 saturated carbocycles. The fourth-order valence-electron chi connectivity index (χ4n) is 4.96. The zero-order valence-corrected chi connectivity index (χ0v) is 23.1. The Labute approximate surface area is 232 Å². The molecule has 0 aliphatic carbocycles. The Kier molecular flexibility index (Phi) is 10.7. The van der Waals surface area contributed by atoms with Gasteiger partial charge in [-0.1, -0.05) is 55.8 Å². The van der Waals surface area contributed by atoms with E-state index in [1.807, 2.05) is 24.3 Å². The molecule has 1 spiro atoms. The predicted molar refractivity (Wildman–Crippen MR) is 144 cm³/mol. The molecule has 2 aliphatic heterocycles. The van der Waals surface area contributed by atoms with Gasteiger partial charge in [-0.3, -0.25) is 9.69 Å². The van der Waals surface area contributed by atoms with E-state index >= 15 is 0 Å². The molecule has 2 fully saturated rings. The third-order valence-corrected chi connectivity index (χ3v) is 7.40. The predicted octanol–water partition coefficient (Wildman–Crippen LogP) is 6.07. The van der Waals surface area contributed by atoms with Crippen LogP contribution in [0.4, 0.5) is 13.2 Å². The first-order chi connectivity index (χ1) is 18.4. The second-order valence-electron chi connectivity index (χ2n) is 10.8. The van der Waals surface area contributed by atoms with Crippen LogP contribution in [-0.2, 0) is 22.6 Å². The maximum atomic E-state index is 12.8. The first-order valence-corrected chi connectivity index (χ1v) is 13.5. The summed E-state index contributed by atoms with van der Waals surface area (Å²) in [5.41, 5.74) is 2.66. The van der Waals surface area contributed by atoms with Gasteiger partial charge < -0.3 is 14.7 Å². The summed E-state index contributed by atoms with van der Waals surface area (Å²) in [4.78, 5) is 26.3. The summed E-state index contributed by atoms with van der Waals surface area (Å²) >= 11 is 5.96. The van der Waals surface area contributed by atoms with Crippen LogP contribution in [0.1, 0.15) is 44.2 Å². The van der Waals surface area contributed by atoms with Crippen molar-refractivity contribution in [3.63, 3.8) is 0 Å². The molecule has 1 N–H and O–H groups in total. The standard InChI is InChI=1S/C27H35ClN2O2.C2HF3O2/c1-21(2)19-32-25-6-4-3-5-23(25)18-29-14-11-27(20-29)12-15-30(16-13-27)26(31)17-22-7-9-24(28)10-8-22;3-2(4,5)1(6)7/h3-10,21H,11-20H2,1-2H3;(H,6,7). The van der Waals surface area contributed by atoms with Crippen LogP contribution in [0.2, 0.25) is 5.02 Å². The number of halogens is 4. The van der Waals surface area contributed by atoms with Crippen LogP contribution in [0.5, 0.6) is 5.75 Å². The summed E-state index contributed by atoms with van der Waals surface area (Å²) in [6.07, 6.45) is -1.20. The van der Waals surface area contributed by atoms with Gasteiger partial charge in [0.1, 0.15) is 5.75 Å². The fraction of sp³-hybridized carbons (Fsp3) is 0.517. The van der Waals surface area contributed by atoms with Crippen molar-refractivity contribution >= 4 is 23.5 Å². The van der Waals surface area contributed by atoms with Gasteiger partial charge in [-0.05, 0) is 60.9 Å². The quantitative estimate of drug-likeness (QED) is 0.439. The number of amides is 1. The van der Waals surface area contributed by atoms with Crippen molar-refractivity contribution in [2.24, 2.45) is 11.3 Å². The number of carboxylic acid groups (broad SMARTS) is 1. The number of para-hydroxylation sites is 1. The molecular weight excluding hydrogens is 533 g/mol. The number of likely N-dealkylation sites (tertiary alicyclic amines) is 2. The number of aliphatic carboxylic acids is 1. The molecule has 0 atom stereocenters. The number of carboxylic acids is 1. The molecule has 2 aromatic rings. The van der Waals surface area contributed by atoms with E-state index in [1.165, 1.54) is 12.0 Å². The Morgan fingerprint density at radius 3 is 2.21 bits per heavy atom. The van der Waals surface area contributed by atoms with Crippen molar-refractivity contribution in [2.45, 2.75) is 52.3 Å². The largest absolute Gasteiger partial charge is 0.493 e. The second-order valence-corrected chi connectivity index (χ2v) is 11.2. The average molecular weight is 569 g/mol. The van der Waals surface area contributed by atoms with E-state index in [1.54, 1.807) is 0 Å². The second kappa shape index (κ2) is 13.5. The van der Waals surface area contributed by atoms with E-state index in [4.69, 9.17) is 26.2 Å². The first-order valence-electron chi connectivity index (χ1n) is 13.1. The molecule has 39 heavy (non-hydrogen) atoms. The molecule has 214 valence electrons. The lowest BCUT2D eigenvalue weighted by Gasteiger charge is -2.39. The van der Waals surface area contributed by atoms with E-state index in [9.17, 15) is 18.0 Å². The van der Waals surface area contributed by atoms with Gasteiger partial charge in [0.2, 0.25) is 5.91 Å². The minimum absolute atomic E-state index is 0.230. The molecule has 4 rings (SSSR count). The molecule has 6 nitrogen and oxygen atoms in total. The first kappa shape index (κ1) is 30.8. The van der Waals surface area contributed by atoms with Gasteiger partial charge >= 0.3 is 12.1 Å². The molecule has 2 heterocycles. The lowest BCUT2D eigenvalue weighted by Crippen LogP contribution is -2.44. The third kappa shape index (κ3) is 9.42. The van der Waals surface area contributed by atoms with E-state index < -0.39 is 12.1 Å². The molecule has 2 aliphatic rings. The Bertz CT molecular complexity index is 1100. The lowest BCUT2D eigenvalue weighted by molar-refractivity contribution is -0.192. The van der Waals surface area contributed by atoms with Crippen molar-refractivity contribution in [3.05, 3.63) is 64.7 Å². The van der Waals surface area contributed by atoms with Gasteiger partial charge in [0.05, 0.1) is 13.0 Å². The number of carbonyl (C=O) groups excluding carboxylic acids is 1. The number of carbonyl (C=O) groups is 2. The molecule has 2 aromatic carbocycles. The number of benzene rings is 2. The summed E-state index contributed by atoms with van der Waals surface area (Å²) in [5, 5.41) is 7.83. The van der Waals surface area contributed by atoms with Crippen molar-refractivity contribution in [2.75, 3.05) is 32.8 Å². The van der Waals surface area contributed by atoms with Crippen molar-refractivity contribution < 1.29 is 32.6 Å². The molecule has 10 heteroatoms. The van der Waals surface area contributed by atoms with Crippen LogP contribution in [-0.4, -0.2) is 65.7 Å². The van der Waals surface area contributed by atoms with Gasteiger partial charge in [0.25, 0.3) is 0 Å². The SMILES string of the molecule is CC(C)COc1ccccc1CN1CCC2(CCN(C(=O)Cc3ccc(Cl)cc3)CC2)C1.O=C(O)C(F)(F)F. The Morgan fingerprint density at radius 1 is 1.03 bits per heavy atom. The van der Waals surface area contributed by atoms with Crippen LogP contribution in [0, 0.1) is 11.3 Å². The minimum Gasteiger partial charge on any atom is -0.493 e. The van der Waals surface area contributed by atoms with Crippen LogP contribution in [0.25, 0.3) is 0 Å². The monoisotopic (exact) mass is 568 g/mol. The molecular formula is C29H36ClF3N2O4. The van der Waals surface area contributed by atoms with Gasteiger partial charge in [-0.25, -0.2) is 4.79 Å². The van der Waals surface area contributed by atoms with Crippen LogP contribution in [0.3, 0.4) is 0 Å². The average Bonchev–Trinajstić information content (AvgIpc) is 3.26. The zero-order valence-electron chi connectivity index (χ0n) is 22.3. The number of alkyl halides is 3. The summed E-state index contributed by atoms with van der Waals surface area (Å²) in [6.45, 7) is 10.0. The highest BCUT2D eigenvalue weighted by Crippen LogP contribution is 2.41. The number of hydrogen-bond donors (Lipinski definition) is 1. The maximum absolute atomic E-state index is 12.8. The Hall–Kier alpha value is -2.78. The molecule has 0 unspecified atom stereocenters. The molecule has 2 saturated heterocycles. The minimum atomic E-state index is -5.08. The number of piperidine rings is 1. The number of hydrogen-bond acceptors (Lipinski definition) is 4. The highest BCUT2D eigenvalue weighted by Gasteiger charge is 2.41. The molecule has 0 bridgehead atoms. The van der Waals surface area contributed by atoms with Crippen LogP contribution >= 0.6 is 11.6 Å². The zero-order chi connectivity index (χ0) is 28.6. The summed E-state index contributed by atoms with van der Waals surface area (Å²) in [5.74, 6) is -0.990. The number of ether oxygens (including phenoxy) is 1. The topological polar surface area (TPSA) is 70.1 Å². The van der Waals surface area contributed by atoms with Gasteiger partial charge in [-0.15, -0.1) is 0 Å². The van der Waals surface area contributed by atoms with E-state index in [-0.39, 0.29) is 5.91 Å². The van der Waals surface area contributed by atoms with Crippen molar-refractivity contribution in [3.8, 4) is 5.75 Å². The summed E-state index contributed by atoms with van der Waals surface area (Å²) < 4.78 is 37.8. The summed E-state index contributed by atoms with van der Waals surface area (Å²) in [7, 11) is 0. The lowest BCUT2D eigenvalue weighted by atomic mass is 9.77. The fourth-order valence-corrected chi connectivity index (χ4v) is 5.09. The van der Waals surface area contributed by atoms with E-state index in [0.29, 0.717) is 22.8 Å². The van der Waals surface area contributed by atoms with Crippen LogP contribution in [0.15, 0.2) is 48.5 Å². The maximum Gasteiger partial charge on any atom is 0.490 e. The third-order valence-electron chi connectivity index (χ3n) is 7.14. The highest BCUT2D eigenvalue weighted by molar-refractivity contribution is 6.30. The number of nitrogens with zero attached hydrogens (tertiary/aromatic N) is 2. The smallest absolute Gasteiger partial charge is 0.490 e. The van der Waals surface area contributed by atoms with Gasteiger partial charge in [0, 0.05) is 36.8 Å². The highest BCUT2D eigenvalue weighted by atomic mass is 35.5. The van der Waals surface area contributed by atoms with Crippen molar-refractivity contribution in [1.29, 1.82) is 0 Å². The van der Waals surface area contributed by atoms with Crippen molar-refractivity contribution in [1.82, 2.24) is 9.80 Å². The number of rotatable bonds is 7. The normalized spacial score (nSPS) is 17.2. The molecule has 1 amide bonds. The van der Waals surface area contributed by atoms with Gasteiger partial charge in [-0.2, -0.15) is 13.2 Å². The Balaban J connectivity index is 0.000000532. The molecule has 0 radical (unpaired) electrons. The van der Waals surface area contributed by atoms with E-state index in [2.05, 4.69) is 47.9 Å². The van der Waals surface area contributed by atoms with Crippen LogP contribution < -0.4 is 4.74 Å².